The number of carbonyl (C=O) groups excluding carboxylic acids is 2. The Morgan fingerprint density at radius 2 is 1.93 bits per heavy atom. The van der Waals surface area contributed by atoms with Gasteiger partial charge >= 0.3 is 0 Å². The third kappa shape index (κ3) is 2.26. The summed E-state index contributed by atoms with van der Waals surface area (Å²) in [5.74, 6) is -0.0832. The fourth-order valence-corrected chi connectivity index (χ4v) is 2.01. The summed E-state index contributed by atoms with van der Waals surface area (Å²) in [6, 6.07) is -0.652. The molecular weight excluding hydrogens is 206 g/mol. The molecular formula is C8H13NO4S. The summed E-state index contributed by atoms with van der Waals surface area (Å²) < 4.78 is 0. The third-order valence-electron chi connectivity index (χ3n) is 2.14. The van der Waals surface area contributed by atoms with Gasteiger partial charge in [0.15, 0.2) is 0 Å². The van der Waals surface area contributed by atoms with Crippen molar-refractivity contribution in [2.24, 2.45) is 0 Å². The molecule has 1 heterocycles. The molecule has 0 saturated carbocycles. The highest BCUT2D eigenvalue weighted by Gasteiger charge is 2.33. The van der Waals surface area contributed by atoms with Gasteiger partial charge in [-0.25, -0.2) is 0 Å². The van der Waals surface area contributed by atoms with Crippen LogP contribution in [0.2, 0.25) is 0 Å². The van der Waals surface area contributed by atoms with Gasteiger partial charge in [-0.15, -0.1) is 11.8 Å². The summed E-state index contributed by atoms with van der Waals surface area (Å²) in [4.78, 5) is 23.8. The minimum atomic E-state index is -1.06. The Hall–Kier alpha value is -0.590. The predicted molar refractivity (Wildman–Crippen MR) is 51.7 cm³/mol. The van der Waals surface area contributed by atoms with Crippen LogP contribution in [-0.4, -0.2) is 57.2 Å². The SMILES string of the molecule is CC(C(O)CO)N1C(=O)CSCC1=O. The van der Waals surface area contributed by atoms with E-state index >= 15 is 0 Å². The van der Waals surface area contributed by atoms with E-state index in [4.69, 9.17) is 5.11 Å². The number of hydrogen-bond acceptors (Lipinski definition) is 5. The molecule has 0 aromatic carbocycles. The van der Waals surface area contributed by atoms with E-state index in [0.29, 0.717) is 0 Å². The molecule has 14 heavy (non-hydrogen) atoms. The standard InChI is InChI=1S/C8H13NO4S/c1-5(6(11)2-10)9-7(12)3-14-4-8(9)13/h5-6,10-11H,2-4H2,1H3. The second-order valence-electron chi connectivity index (χ2n) is 3.14. The molecule has 0 aliphatic carbocycles. The molecule has 1 fully saturated rings. The van der Waals surface area contributed by atoms with Crippen LogP contribution in [0.15, 0.2) is 0 Å². The average molecular weight is 219 g/mol. The molecule has 0 aromatic heterocycles. The Kier molecular flexibility index (Phi) is 3.91. The van der Waals surface area contributed by atoms with Crippen LogP contribution in [0.1, 0.15) is 6.92 Å². The van der Waals surface area contributed by atoms with Crippen molar-refractivity contribution in [1.82, 2.24) is 4.90 Å². The van der Waals surface area contributed by atoms with Gasteiger partial charge in [0, 0.05) is 0 Å². The number of rotatable bonds is 3. The smallest absolute Gasteiger partial charge is 0.239 e. The minimum absolute atomic E-state index is 0.258. The van der Waals surface area contributed by atoms with E-state index in [1.165, 1.54) is 11.8 Å². The summed E-state index contributed by atoms with van der Waals surface area (Å²) in [5.41, 5.74) is 0. The molecule has 0 aromatic rings. The lowest BCUT2D eigenvalue weighted by Crippen LogP contribution is -2.53. The number of aliphatic hydroxyl groups excluding tert-OH is 2. The van der Waals surface area contributed by atoms with E-state index in [1.54, 1.807) is 6.92 Å². The lowest BCUT2D eigenvalue weighted by molar-refractivity contribution is -0.147. The van der Waals surface area contributed by atoms with Crippen LogP contribution >= 0.6 is 11.8 Å². The van der Waals surface area contributed by atoms with Crippen LogP contribution in [0.4, 0.5) is 0 Å². The second kappa shape index (κ2) is 4.77. The van der Waals surface area contributed by atoms with E-state index in [0.717, 1.165) is 4.90 Å². The first-order valence-electron chi connectivity index (χ1n) is 4.29. The van der Waals surface area contributed by atoms with Crippen molar-refractivity contribution < 1.29 is 19.8 Å². The predicted octanol–water partition coefficient (Wildman–Crippen LogP) is -1.17. The van der Waals surface area contributed by atoms with E-state index in [-0.39, 0.29) is 23.3 Å². The normalized spacial score (nSPS) is 22.4. The summed E-state index contributed by atoms with van der Waals surface area (Å²) in [5, 5.41) is 18.0. The molecule has 0 bridgehead atoms. The lowest BCUT2D eigenvalue weighted by Gasteiger charge is -2.32. The summed E-state index contributed by atoms with van der Waals surface area (Å²) in [6.07, 6.45) is -1.06. The number of amides is 2. The number of nitrogens with zero attached hydrogens (tertiary/aromatic N) is 1. The zero-order valence-electron chi connectivity index (χ0n) is 7.84. The molecule has 2 atom stereocenters. The lowest BCUT2D eigenvalue weighted by atomic mass is 10.1. The average Bonchev–Trinajstić information content (AvgIpc) is 2.16. The number of carbonyl (C=O) groups is 2. The second-order valence-corrected chi connectivity index (χ2v) is 4.13. The molecule has 2 N–H and O–H groups in total. The maximum Gasteiger partial charge on any atom is 0.239 e. The van der Waals surface area contributed by atoms with Crippen molar-refractivity contribution in [3.8, 4) is 0 Å². The number of hydrogen-bond donors (Lipinski definition) is 2. The van der Waals surface area contributed by atoms with E-state index < -0.39 is 18.8 Å². The van der Waals surface area contributed by atoms with E-state index in [1.807, 2.05) is 0 Å². The van der Waals surface area contributed by atoms with Crippen molar-refractivity contribution >= 4 is 23.6 Å². The van der Waals surface area contributed by atoms with Gasteiger partial charge < -0.3 is 10.2 Å². The van der Waals surface area contributed by atoms with Crippen molar-refractivity contribution in [3.05, 3.63) is 0 Å². The fraction of sp³-hybridized carbons (Fsp3) is 0.750. The molecule has 6 heteroatoms. The quantitative estimate of drug-likeness (QED) is 0.585. The highest BCUT2D eigenvalue weighted by molar-refractivity contribution is 8.00. The van der Waals surface area contributed by atoms with Crippen molar-refractivity contribution in [3.63, 3.8) is 0 Å². The fourth-order valence-electron chi connectivity index (χ4n) is 1.28. The minimum Gasteiger partial charge on any atom is -0.394 e. The Morgan fingerprint density at radius 1 is 1.43 bits per heavy atom. The zero-order chi connectivity index (χ0) is 10.7. The van der Waals surface area contributed by atoms with E-state index in [9.17, 15) is 14.7 Å². The maximum atomic E-state index is 11.4. The van der Waals surface area contributed by atoms with Crippen LogP contribution in [0.25, 0.3) is 0 Å². The largest absolute Gasteiger partial charge is 0.394 e. The monoisotopic (exact) mass is 219 g/mol. The third-order valence-corrected chi connectivity index (χ3v) is 3.04. The Labute approximate surface area is 86.1 Å². The van der Waals surface area contributed by atoms with Gasteiger partial charge in [-0.1, -0.05) is 0 Å². The molecule has 80 valence electrons. The van der Waals surface area contributed by atoms with Crippen LogP contribution in [-0.2, 0) is 9.59 Å². The maximum absolute atomic E-state index is 11.4. The Balaban J connectivity index is 2.72. The molecule has 1 aliphatic heterocycles. The van der Waals surface area contributed by atoms with Gasteiger partial charge in [-0.05, 0) is 6.92 Å². The number of imide groups is 1. The molecule has 2 amide bonds. The molecule has 0 spiro atoms. The van der Waals surface area contributed by atoms with Gasteiger partial charge in [-0.2, -0.15) is 0 Å². The highest BCUT2D eigenvalue weighted by Crippen LogP contribution is 2.16. The molecule has 5 nitrogen and oxygen atoms in total. The summed E-state index contributed by atoms with van der Waals surface area (Å²) in [7, 11) is 0. The summed E-state index contributed by atoms with van der Waals surface area (Å²) >= 11 is 1.27. The van der Waals surface area contributed by atoms with Gasteiger partial charge in [0.05, 0.1) is 30.3 Å². The molecule has 1 saturated heterocycles. The topological polar surface area (TPSA) is 77.8 Å². The van der Waals surface area contributed by atoms with Crippen LogP contribution in [0, 0.1) is 0 Å². The first kappa shape index (κ1) is 11.5. The molecule has 1 rings (SSSR count). The van der Waals surface area contributed by atoms with Gasteiger partial charge in [0.1, 0.15) is 0 Å². The summed E-state index contributed by atoms with van der Waals surface area (Å²) in [6.45, 7) is 1.10. The molecule has 1 aliphatic rings. The zero-order valence-corrected chi connectivity index (χ0v) is 8.66. The Morgan fingerprint density at radius 3 is 2.36 bits per heavy atom. The number of aliphatic hydroxyl groups is 2. The van der Waals surface area contributed by atoms with Gasteiger partial charge in [0.25, 0.3) is 0 Å². The highest BCUT2D eigenvalue weighted by atomic mass is 32.2. The van der Waals surface area contributed by atoms with Crippen LogP contribution in [0.5, 0.6) is 0 Å². The molecule has 0 radical (unpaired) electrons. The van der Waals surface area contributed by atoms with Crippen LogP contribution in [0.3, 0.4) is 0 Å². The van der Waals surface area contributed by atoms with Gasteiger partial charge in [-0.3, -0.25) is 14.5 Å². The van der Waals surface area contributed by atoms with Crippen molar-refractivity contribution in [2.75, 3.05) is 18.1 Å². The first-order chi connectivity index (χ1) is 6.57. The van der Waals surface area contributed by atoms with Gasteiger partial charge in [0.2, 0.25) is 11.8 Å². The van der Waals surface area contributed by atoms with Crippen LogP contribution < -0.4 is 0 Å². The first-order valence-corrected chi connectivity index (χ1v) is 5.45. The van der Waals surface area contributed by atoms with Crippen molar-refractivity contribution in [2.45, 2.75) is 19.1 Å². The Bertz CT molecular complexity index is 229. The van der Waals surface area contributed by atoms with E-state index in [2.05, 4.69) is 0 Å². The number of thioether (sulfide) groups is 1. The molecule has 2 unspecified atom stereocenters. The van der Waals surface area contributed by atoms with Crippen molar-refractivity contribution in [1.29, 1.82) is 0 Å².